The lowest BCUT2D eigenvalue weighted by molar-refractivity contribution is -0.396. The largest absolute Gasteiger partial charge is 0.479 e. The normalized spacial score (nSPS) is 49.1. The van der Waals surface area contributed by atoms with Crippen molar-refractivity contribution in [1.29, 1.82) is 0 Å². The summed E-state index contributed by atoms with van der Waals surface area (Å²) in [6.45, 7) is 15.9. The molecule has 14 aliphatic rings. The number of allylic oxidation sites excluding steroid dienone is 2. The highest BCUT2D eigenvalue weighted by Crippen LogP contribution is 2.76. The second kappa shape index (κ2) is 48.0. The molecule has 0 amide bonds. The number of carbonyl (C=O) groups excluding carboxylic acids is 4. The Bertz CT molecular complexity index is 4450. The molecule has 4 saturated carbocycles. The molecule has 56 unspecified atom stereocenters. The lowest BCUT2D eigenvalue weighted by atomic mass is 9.33. The van der Waals surface area contributed by atoms with Gasteiger partial charge in [0.25, 0.3) is 0 Å². The van der Waals surface area contributed by atoms with Crippen molar-refractivity contribution in [3.63, 3.8) is 0 Å². The lowest BCUT2D eigenvalue weighted by Gasteiger charge is -2.71. The van der Waals surface area contributed by atoms with Crippen LogP contribution in [0.5, 0.6) is 0 Å². The third-order valence-electron chi connectivity index (χ3n) is 35.4. The van der Waals surface area contributed by atoms with E-state index in [1.807, 2.05) is 34.6 Å². The Kier molecular flexibility index (Phi) is 38.7. The number of fused-ring (bicyclic) bond motifs is 7. The van der Waals surface area contributed by atoms with Crippen molar-refractivity contribution < 1.29 is 251 Å². The van der Waals surface area contributed by atoms with Crippen LogP contribution in [0.4, 0.5) is 0 Å². The highest BCUT2D eigenvalue weighted by atomic mass is 16.8. The predicted molar refractivity (Wildman–Crippen MR) is 491 cm³/mol. The van der Waals surface area contributed by atoms with Crippen molar-refractivity contribution in [3.8, 4) is 0 Å². The molecule has 5 aliphatic carbocycles. The number of carbonyl (C=O) groups is 5. The number of aliphatic hydroxyl groups excluding tert-OH is 24. The molecule has 0 aromatic carbocycles. The van der Waals surface area contributed by atoms with E-state index in [1.54, 1.807) is 27.7 Å². The Hall–Kier alpha value is -4.39. The summed E-state index contributed by atoms with van der Waals surface area (Å²) in [7, 11) is 0. The molecule has 56 atom stereocenters. The third-order valence-corrected chi connectivity index (χ3v) is 35.4. The third kappa shape index (κ3) is 23.4. The number of hydrogen-bond acceptors (Lipinski definition) is 50. The first-order valence-corrected chi connectivity index (χ1v) is 51.8. The first kappa shape index (κ1) is 120. The Morgan fingerprint density at radius 2 is 0.973 bits per heavy atom. The van der Waals surface area contributed by atoms with Gasteiger partial charge in [0.05, 0.1) is 107 Å². The molecule has 0 radical (unpaired) electrons. The van der Waals surface area contributed by atoms with Gasteiger partial charge in [-0.3, -0.25) is 14.4 Å². The molecule has 26 N–H and O–H groups in total. The zero-order valence-corrected chi connectivity index (χ0v) is 85.4. The van der Waals surface area contributed by atoms with Crippen molar-refractivity contribution in [2.45, 2.75) is 461 Å². The fourth-order valence-electron chi connectivity index (χ4n) is 25.6. The van der Waals surface area contributed by atoms with Gasteiger partial charge in [0.15, 0.2) is 68.6 Å². The maximum atomic E-state index is 16.8. The van der Waals surface area contributed by atoms with E-state index in [9.17, 15) is 147 Å². The molecule has 9 heterocycles. The first-order valence-electron chi connectivity index (χ1n) is 51.8. The van der Waals surface area contributed by atoms with Gasteiger partial charge in [-0.25, -0.2) is 4.79 Å². The number of hydrogen-bond donors (Lipinski definition) is 26. The van der Waals surface area contributed by atoms with Gasteiger partial charge in [0.2, 0.25) is 6.29 Å². The van der Waals surface area contributed by atoms with Crippen LogP contribution >= 0.6 is 0 Å². The molecular formula is C98H158O51. The highest BCUT2D eigenvalue weighted by molar-refractivity contribution is 5.80. The van der Waals surface area contributed by atoms with E-state index in [0.29, 0.717) is 25.7 Å². The van der Waals surface area contributed by atoms with E-state index in [2.05, 4.69) is 13.0 Å². The quantitative estimate of drug-likeness (QED) is 0.00897. The number of aliphatic hydroxyl groups is 25. The molecule has 856 valence electrons. The van der Waals surface area contributed by atoms with E-state index in [0.717, 1.165) is 11.9 Å². The van der Waals surface area contributed by atoms with Crippen LogP contribution in [0, 0.1) is 62.1 Å². The summed E-state index contributed by atoms with van der Waals surface area (Å²) in [5, 5.41) is 291. The van der Waals surface area contributed by atoms with Crippen molar-refractivity contribution in [3.05, 3.63) is 11.6 Å². The summed E-state index contributed by atoms with van der Waals surface area (Å²) < 4.78 is 122. The van der Waals surface area contributed by atoms with Gasteiger partial charge in [-0.15, -0.1) is 0 Å². The van der Waals surface area contributed by atoms with Gasteiger partial charge in [-0.05, 0) is 123 Å². The second-order valence-electron chi connectivity index (χ2n) is 45.4. The van der Waals surface area contributed by atoms with Gasteiger partial charge in [0.1, 0.15) is 176 Å². The number of carboxylic acid groups (broad SMARTS) is 1. The monoisotopic (exact) mass is 2150 g/mol. The molecule has 9 saturated heterocycles. The SMILES string of the molecule is CCC(C)C(CC(O)CC(=O)OC1C(O)C(C)OC(OC(=O)C23CCC(C)(C)CC2C2=CCC4C5(C)CCC(OC6OC(C(=O)O)C(O)C(OC7OCC(O)C(O)C7O)C6OC6OC(CO)C(O)C(O)C6O)C(C)(C=O)C5CCC4(C)C2(C)CC3O)C1OC1OC(C)C(OC2OCC(O)C(OC3OCC(O)(CO)C3O)C2O)C(OC2OC(CO)C(O)C(O)C2O)C1O)OC(=O)CC(O)CC(OC1OC(CO)C(O)C1O)C(C)CC. The first-order chi connectivity index (χ1) is 70.0. The fraction of sp³-hybridized carbons (Fsp3) is 0.929. The van der Waals surface area contributed by atoms with E-state index in [-0.39, 0.29) is 63.2 Å². The second-order valence-corrected chi connectivity index (χ2v) is 45.4. The lowest BCUT2D eigenvalue weighted by Crippen LogP contribution is -2.69. The smallest absolute Gasteiger partial charge is 0.335 e. The molecule has 9 aliphatic heterocycles. The molecule has 0 bridgehead atoms. The Morgan fingerprint density at radius 1 is 0.470 bits per heavy atom. The van der Waals surface area contributed by atoms with Gasteiger partial charge in [-0.1, -0.05) is 93.7 Å². The maximum Gasteiger partial charge on any atom is 0.335 e. The van der Waals surface area contributed by atoms with Crippen LogP contribution in [0.2, 0.25) is 0 Å². The van der Waals surface area contributed by atoms with Crippen LogP contribution in [0.25, 0.3) is 0 Å². The minimum atomic E-state index is -2.41. The van der Waals surface area contributed by atoms with Crippen LogP contribution < -0.4 is 0 Å². The van der Waals surface area contributed by atoms with Gasteiger partial charge in [0, 0.05) is 12.8 Å². The summed E-state index contributed by atoms with van der Waals surface area (Å²) in [6, 6.07) is 0. The molecule has 0 aromatic rings. The number of aldehydes is 1. The van der Waals surface area contributed by atoms with E-state index < -0.39 is 422 Å². The molecule has 0 aromatic heterocycles. The van der Waals surface area contributed by atoms with E-state index in [1.165, 1.54) is 13.8 Å². The summed E-state index contributed by atoms with van der Waals surface area (Å²) in [5.74, 6) is -7.88. The van der Waals surface area contributed by atoms with Crippen LogP contribution in [0.15, 0.2) is 11.6 Å². The number of carboxylic acids is 1. The van der Waals surface area contributed by atoms with Crippen LogP contribution in [-0.4, -0.2) is 491 Å². The van der Waals surface area contributed by atoms with Crippen molar-refractivity contribution in [2.24, 2.45) is 62.1 Å². The molecule has 51 heteroatoms. The van der Waals surface area contributed by atoms with Crippen molar-refractivity contribution in [1.82, 2.24) is 0 Å². The van der Waals surface area contributed by atoms with Crippen LogP contribution in [-0.2, 0) is 119 Å². The minimum absolute atomic E-state index is 0.00130. The Balaban J connectivity index is 0.763. The number of esters is 3. The molecule has 51 nitrogen and oxygen atoms in total. The van der Waals surface area contributed by atoms with Gasteiger partial charge >= 0.3 is 23.9 Å². The average Bonchev–Trinajstić information content (AvgIpc) is 1.09. The van der Waals surface area contributed by atoms with E-state index >= 15 is 9.59 Å². The predicted octanol–water partition coefficient (Wildman–Crippen LogP) is -7.86. The van der Waals surface area contributed by atoms with Gasteiger partial charge in [-0.2, -0.15) is 0 Å². The van der Waals surface area contributed by atoms with E-state index in [4.69, 9.17) is 94.7 Å². The summed E-state index contributed by atoms with van der Waals surface area (Å²) in [4.78, 5) is 73.5. The maximum absolute atomic E-state index is 16.8. The highest BCUT2D eigenvalue weighted by Gasteiger charge is 2.74. The zero-order valence-electron chi connectivity index (χ0n) is 85.4. The standard InChI is InChI=1S/C98H158O51/c1-13-37(3)47(135-56(109)25-42(105)24-48(38(4)14-2)136-84-66(119)62(115)51(31-101)137-84)23-41(104)26-57(110)141-74-58(111)39(5)133-88(78(74)148-87-71(124)76(145-85-67(120)63(116)60(113)49(29-99)138-85)72(40(6)134-87)142-83-70(123)73(46(107)33-131-83)143-90-80(125)97(129,35-103)36-132-90)149-91(128)98-22-21-92(7,8)27-44(98)43-15-16-53-93(9)19-18-55(94(10,34-102)52(93)17-20-95(53,11)96(43,12)28-54(98)108)140-89-79(147-86-68(121)64(117)61(114)50(30-100)139-86)75(69(122)77(146-89)81(126)127)144-82-65(118)59(112)45(106)32-130-82/h15,34,37-42,44-55,58-80,82-90,99-101,103-108,111-125,129H,13-14,16-33,35-36H2,1-12H3,(H,126,127). The average molecular weight is 2150 g/mol. The molecular weight excluding hydrogens is 1990 g/mol. The van der Waals surface area contributed by atoms with Crippen molar-refractivity contribution in [2.75, 3.05) is 46.2 Å². The Labute approximate surface area is 859 Å². The van der Waals surface area contributed by atoms with Crippen LogP contribution in [0.1, 0.15) is 179 Å². The molecule has 0 spiro atoms. The Morgan fingerprint density at radius 3 is 1.56 bits per heavy atom. The summed E-state index contributed by atoms with van der Waals surface area (Å²) >= 11 is 0. The minimum Gasteiger partial charge on any atom is -0.479 e. The number of ether oxygens (including phenoxy) is 20. The molecule has 13 fully saturated rings. The number of rotatable bonds is 38. The summed E-state index contributed by atoms with van der Waals surface area (Å²) in [6.07, 6.45) is -81.0. The zero-order chi connectivity index (χ0) is 109. The van der Waals surface area contributed by atoms with Crippen LogP contribution in [0.3, 0.4) is 0 Å². The molecule has 149 heavy (non-hydrogen) atoms. The number of aliphatic carboxylic acids is 1. The van der Waals surface area contributed by atoms with Gasteiger partial charge < -0.3 is 232 Å². The fourth-order valence-corrected chi connectivity index (χ4v) is 25.6. The molecule has 14 rings (SSSR count). The summed E-state index contributed by atoms with van der Waals surface area (Å²) in [5.41, 5.74) is -8.27. The topological polar surface area (TPSA) is 796 Å². The van der Waals surface area contributed by atoms with Crippen molar-refractivity contribution >= 4 is 30.2 Å².